The van der Waals surface area contributed by atoms with Crippen molar-refractivity contribution in [2.75, 3.05) is 13.2 Å². The largest absolute Gasteiger partial charge is 0.390 e. The third kappa shape index (κ3) is 13.2. The second-order valence-electron chi connectivity index (χ2n) is 11.7. The average Bonchev–Trinajstić information content (AvgIpc) is 3.31. The zero-order valence-corrected chi connectivity index (χ0v) is 24.7. The fourth-order valence-electron chi connectivity index (χ4n) is 4.43. The van der Waals surface area contributed by atoms with Crippen LogP contribution in [-0.4, -0.2) is 67.3 Å². The Labute approximate surface area is 216 Å². The molecule has 0 atom stereocenters. The molecule has 4 rings (SSSR count). The number of aliphatic hydroxyl groups is 1. The predicted octanol–water partition coefficient (Wildman–Crippen LogP) is 6.08. The van der Waals surface area contributed by atoms with Gasteiger partial charge >= 0.3 is 0 Å². The van der Waals surface area contributed by atoms with Gasteiger partial charge in [0.1, 0.15) is 6.10 Å². The first-order chi connectivity index (χ1) is 16.3. The quantitative estimate of drug-likeness (QED) is 0.438. The highest BCUT2D eigenvalue weighted by molar-refractivity contribution is 7.92. The van der Waals surface area contributed by atoms with Crippen LogP contribution in [0.4, 0.5) is 0 Å². The summed E-state index contributed by atoms with van der Waals surface area (Å²) in [7, 11) is -2.70. The maximum Gasteiger partial charge on any atom is 0.155 e. The van der Waals surface area contributed by atoms with E-state index in [1.165, 1.54) is 38.5 Å². The third-order valence-electron chi connectivity index (χ3n) is 7.03. The second kappa shape index (κ2) is 15.9. The normalized spacial score (nSPS) is 22.3. The van der Waals surface area contributed by atoms with Gasteiger partial charge in [0.05, 0.1) is 47.6 Å². The Hall–Kier alpha value is -0.210. The summed E-state index contributed by atoms with van der Waals surface area (Å²) in [5.41, 5.74) is -0.306. The van der Waals surface area contributed by atoms with Gasteiger partial charge in [-0.2, -0.15) is 0 Å². The van der Waals surface area contributed by atoms with Crippen LogP contribution < -0.4 is 0 Å². The second-order valence-corrected chi connectivity index (χ2v) is 14.5. The van der Waals surface area contributed by atoms with Gasteiger partial charge < -0.3 is 19.3 Å². The van der Waals surface area contributed by atoms with Crippen LogP contribution in [0.25, 0.3) is 0 Å². The Morgan fingerprint density at radius 2 is 1.20 bits per heavy atom. The minimum Gasteiger partial charge on any atom is -0.390 e. The van der Waals surface area contributed by atoms with E-state index in [1.807, 2.05) is 13.8 Å². The van der Waals surface area contributed by atoms with E-state index < -0.39 is 9.84 Å². The molecule has 35 heavy (non-hydrogen) atoms. The van der Waals surface area contributed by atoms with Crippen LogP contribution in [-0.2, 0) is 24.0 Å². The molecule has 0 unspecified atom stereocenters. The summed E-state index contributed by atoms with van der Waals surface area (Å²) < 4.78 is 38.1. The van der Waals surface area contributed by atoms with Crippen molar-refractivity contribution < 1.29 is 27.7 Å². The smallest absolute Gasteiger partial charge is 0.155 e. The lowest BCUT2D eigenvalue weighted by molar-refractivity contribution is -0.146. The standard InChI is InChI=1S/2C8H16O.C6H12O2S.C6H12O2/c1-7(2)9-8-5-3-4-6-8;1-7(2)8(9)5-3-4-6-8;1-5(2)9(7,8)6-3-4-6;1-5(2)8-6-3-7-4-6/h7-8H,3-6H2,1-2H3;7,9H,3-6H2,1-2H3;5-6H,3-4H2,1-2H3;5-6H,3-4H2,1-2H3. The van der Waals surface area contributed by atoms with Gasteiger partial charge in [0.25, 0.3) is 0 Å². The molecule has 7 heteroatoms. The topological polar surface area (TPSA) is 82.1 Å². The lowest BCUT2D eigenvalue weighted by Gasteiger charge is -2.27. The first-order valence-electron chi connectivity index (χ1n) is 14.1. The molecule has 4 fully saturated rings. The molecule has 0 bridgehead atoms. The molecule has 0 aromatic rings. The van der Waals surface area contributed by atoms with Crippen molar-refractivity contribution in [3.8, 4) is 0 Å². The summed E-state index contributed by atoms with van der Waals surface area (Å²) in [6.45, 7) is 17.6. The Bertz CT molecular complexity index is 630. The summed E-state index contributed by atoms with van der Waals surface area (Å²) >= 11 is 0. The molecule has 210 valence electrons. The van der Waals surface area contributed by atoms with Crippen LogP contribution in [0.15, 0.2) is 0 Å². The molecule has 1 heterocycles. The number of ether oxygens (including phenoxy) is 3. The van der Waals surface area contributed by atoms with E-state index >= 15 is 0 Å². The minimum atomic E-state index is -2.70. The van der Waals surface area contributed by atoms with Gasteiger partial charge in [-0.3, -0.25) is 0 Å². The van der Waals surface area contributed by atoms with Crippen LogP contribution in [0.5, 0.6) is 0 Å². The summed E-state index contributed by atoms with van der Waals surface area (Å²) in [6.07, 6.45) is 13.3. The first kappa shape index (κ1) is 32.8. The van der Waals surface area contributed by atoms with E-state index in [0.717, 1.165) is 38.9 Å². The van der Waals surface area contributed by atoms with E-state index in [4.69, 9.17) is 14.2 Å². The highest BCUT2D eigenvalue weighted by Crippen LogP contribution is 2.35. The Morgan fingerprint density at radius 1 is 0.743 bits per heavy atom. The van der Waals surface area contributed by atoms with Crippen molar-refractivity contribution >= 4 is 9.84 Å². The molecular weight excluding hydrogens is 464 g/mol. The predicted molar refractivity (Wildman–Crippen MR) is 145 cm³/mol. The molecule has 3 aliphatic carbocycles. The van der Waals surface area contributed by atoms with Crippen LogP contribution in [0, 0.1) is 5.92 Å². The van der Waals surface area contributed by atoms with Gasteiger partial charge in [0.15, 0.2) is 9.84 Å². The monoisotopic (exact) mass is 520 g/mol. The molecule has 6 nitrogen and oxygen atoms in total. The molecule has 0 spiro atoms. The van der Waals surface area contributed by atoms with E-state index in [2.05, 4.69) is 27.7 Å². The maximum atomic E-state index is 11.1. The van der Waals surface area contributed by atoms with E-state index in [-0.39, 0.29) is 16.1 Å². The lowest BCUT2D eigenvalue weighted by atomic mass is 9.89. The van der Waals surface area contributed by atoms with Gasteiger partial charge in [0, 0.05) is 0 Å². The summed E-state index contributed by atoms with van der Waals surface area (Å²) in [4.78, 5) is 0. The third-order valence-corrected chi connectivity index (χ3v) is 9.74. The number of sulfone groups is 1. The fraction of sp³-hybridized carbons (Fsp3) is 1.00. The molecule has 0 aromatic carbocycles. The Morgan fingerprint density at radius 3 is 1.43 bits per heavy atom. The van der Waals surface area contributed by atoms with E-state index in [1.54, 1.807) is 13.8 Å². The highest BCUT2D eigenvalue weighted by Gasteiger charge is 2.37. The van der Waals surface area contributed by atoms with Crippen molar-refractivity contribution in [3.05, 3.63) is 0 Å². The van der Waals surface area contributed by atoms with Crippen molar-refractivity contribution in [2.24, 2.45) is 5.92 Å². The van der Waals surface area contributed by atoms with Crippen LogP contribution >= 0.6 is 0 Å². The fourth-order valence-corrected chi connectivity index (χ4v) is 6.00. The molecule has 1 aliphatic heterocycles. The van der Waals surface area contributed by atoms with Gasteiger partial charge in [-0.25, -0.2) is 8.42 Å². The van der Waals surface area contributed by atoms with Gasteiger partial charge in [-0.1, -0.05) is 39.5 Å². The molecule has 1 N–H and O–H groups in total. The molecule has 0 aromatic heterocycles. The zero-order chi connectivity index (χ0) is 26.6. The summed E-state index contributed by atoms with van der Waals surface area (Å²) in [5.74, 6) is 0.444. The van der Waals surface area contributed by atoms with Gasteiger partial charge in [-0.15, -0.1) is 0 Å². The molecule has 4 aliphatic rings. The summed E-state index contributed by atoms with van der Waals surface area (Å²) in [5, 5.41) is 9.60. The van der Waals surface area contributed by atoms with Crippen LogP contribution in [0.1, 0.15) is 120 Å². The first-order valence-corrected chi connectivity index (χ1v) is 15.7. The summed E-state index contributed by atoms with van der Waals surface area (Å²) in [6, 6.07) is 0. The van der Waals surface area contributed by atoms with Crippen molar-refractivity contribution in [1.82, 2.24) is 0 Å². The van der Waals surface area contributed by atoms with Crippen LogP contribution in [0.3, 0.4) is 0 Å². The number of hydrogen-bond acceptors (Lipinski definition) is 6. The van der Waals surface area contributed by atoms with Crippen molar-refractivity contribution in [1.29, 1.82) is 0 Å². The highest BCUT2D eigenvalue weighted by atomic mass is 32.2. The number of hydrogen-bond donors (Lipinski definition) is 1. The molecular formula is C28H56O6S. The van der Waals surface area contributed by atoms with Gasteiger partial charge in [0.2, 0.25) is 0 Å². The Balaban J connectivity index is 0.000000234. The van der Waals surface area contributed by atoms with Crippen LogP contribution in [0.2, 0.25) is 0 Å². The minimum absolute atomic E-state index is 0.0116. The molecule has 0 radical (unpaired) electrons. The maximum absolute atomic E-state index is 11.1. The van der Waals surface area contributed by atoms with E-state index in [0.29, 0.717) is 30.3 Å². The van der Waals surface area contributed by atoms with Crippen molar-refractivity contribution in [3.63, 3.8) is 0 Å². The zero-order valence-electron chi connectivity index (χ0n) is 23.9. The molecule has 3 saturated carbocycles. The average molecular weight is 521 g/mol. The number of rotatable bonds is 7. The van der Waals surface area contributed by atoms with Crippen molar-refractivity contribution in [2.45, 2.75) is 160 Å². The van der Waals surface area contributed by atoms with E-state index in [9.17, 15) is 13.5 Å². The molecule has 0 amide bonds. The molecule has 1 saturated heterocycles. The lowest BCUT2D eigenvalue weighted by Crippen LogP contribution is -2.37. The Kier molecular flexibility index (Phi) is 14.9. The van der Waals surface area contributed by atoms with Gasteiger partial charge in [-0.05, 0) is 86.0 Å². The SMILES string of the molecule is CC(C)C1(O)CCCC1.CC(C)OC1CCCC1.CC(C)OC1COC1.CC(C)S(=O)(=O)C1CC1.